The van der Waals surface area contributed by atoms with Crippen LogP contribution < -0.4 is 14.2 Å². The second-order valence-electron chi connectivity index (χ2n) is 8.36. The third-order valence-corrected chi connectivity index (χ3v) is 6.49. The Morgan fingerprint density at radius 2 is 0.611 bits per heavy atom. The maximum atomic E-state index is 6.03. The molecule has 0 radical (unpaired) electrons. The van der Waals surface area contributed by atoms with Crippen LogP contribution in [0.1, 0.15) is 33.4 Å². The molecule has 0 saturated carbocycles. The summed E-state index contributed by atoms with van der Waals surface area (Å²) >= 11 is 17.7. The number of hydrogen-bond donors (Lipinski definition) is 0. The fourth-order valence-corrected chi connectivity index (χ4v) is 4.15. The lowest BCUT2D eigenvalue weighted by Crippen LogP contribution is -2.04. The summed E-state index contributed by atoms with van der Waals surface area (Å²) in [6.45, 7) is 1.28. The molecule has 0 heterocycles. The van der Waals surface area contributed by atoms with Crippen LogP contribution in [0.15, 0.2) is 91.0 Å². The van der Waals surface area contributed by atoms with Gasteiger partial charge in [-0.3, -0.25) is 0 Å². The Morgan fingerprint density at radius 3 is 0.833 bits per heavy atom. The van der Waals surface area contributed by atoms with Crippen molar-refractivity contribution in [1.82, 2.24) is 0 Å². The van der Waals surface area contributed by atoms with E-state index in [1.54, 1.807) is 0 Å². The Kier molecular flexibility index (Phi) is 9.80. The van der Waals surface area contributed by atoms with Crippen molar-refractivity contribution in [2.45, 2.75) is 37.5 Å². The molecule has 0 aromatic heterocycles. The zero-order valence-corrected chi connectivity index (χ0v) is 22.0. The van der Waals surface area contributed by atoms with E-state index in [0.29, 0.717) is 37.5 Å². The van der Waals surface area contributed by atoms with E-state index in [1.165, 1.54) is 0 Å². The van der Waals surface area contributed by atoms with E-state index in [0.717, 1.165) is 50.6 Å². The van der Waals surface area contributed by atoms with Crippen molar-refractivity contribution in [2.75, 3.05) is 0 Å². The van der Waals surface area contributed by atoms with E-state index >= 15 is 0 Å². The van der Waals surface area contributed by atoms with Gasteiger partial charge in [-0.1, -0.05) is 36.4 Å². The molecule has 0 bridgehead atoms. The van der Waals surface area contributed by atoms with Crippen molar-refractivity contribution in [3.05, 3.63) is 124 Å². The van der Waals surface area contributed by atoms with Gasteiger partial charge in [0.2, 0.25) is 0 Å². The van der Waals surface area contributed by atoms with Gasteiger partial charge in [0.1, 0.15) is 37.1 Å². The first kappa shape index (κ1) is 26.2. The average Bonchev–Trinajstić information content (AvgIpc) is 2.94. The fourth-order valence-electron chi connectivity index (χ4n) is 3.61. The summed E-state index contributed by atoms with van der Waals surface area (Å²) in [7, 11) is 0. The van der Waals surface area contributed by atoms with Crippen LogP contribution in [0.25, 0.3) is 0 Å². The van der Waals surface area contributed by atoms with Gasteiger partial charge in [-0.05, 0) is 88.0 Å². The molecule has 0 aliphatic heterocycles. The SMILES string of the molecule is ClCc1ccc(OCc2cc(COc3ccc(CCl)cc3)cc(COc3ccc(CCl)cc3)c2)cc1. The summed E-state index contributed by atoms with van der Waals surface area (Å²) in [6, 6.07) is 29.7. The minimum absolute atomic E-state index is 0.426. The highest BCUT2D eigenvalue weighted by Gasteiger charge is 2.06. The Labute approximate surface area is 227 Å². The molecule has 36 heavy (non-hydrogen) atoms. The Hall–Kier alpha value is -2.85. The minimum atomic E-state index is 0.426. The van der Waals surface area contributed by atoms with E-state index in [4.69, 9.17) is 49.0 Å². The van der Waals surface area contributed by atoms with Crippen LogP contribution in [-0.4, -0.2) is 0 Å². The van der Waals surface area contributed by atoms with Gasteiger partial charge < -0.3 is 14.2 Å². The van der Waals surface area contributed by atoms with Crippen molar-refractivity contribution >= 4 is 34.8 Å². The van der Waals surface area contributed by atoms with E-state index in [2.05, 4.69) is 18.2 Å². The van der Waals surface area contributed by atoms with Crippen LogP contribution in [0.5, 0.6) is 17.2 Å². The molecule has 6 heteroatoms. The molecule has 0 aliphatic carbocycles. The normalized spacial score (nSPS) is 10.8. The molecule has 0 fully saturated rings. The zero-order chi connectivity index (χ0) is 25.2. The zero-order valence-electron chi connectivity index (χ0n) is 19.8. The molecular weight excluding hydrogens is 515 g/mol. The molecule has 0 aliphatic rings. The maximum Gasteiger partial charge on any atom is 0.119 e. The van der Waals surface area contributed by atoms with Gasteiger partial charge in [0.25, 0.3) is 0 Å². The van der Waals surface area contributed by atoms with Gasteiger partial charge in [-0.15, -0.1) is 34.8 Å². The summed E-state index contributed by atoms with van der Waals surface area (Å²) in [5.41, 5.74) is 6.27. The maximum absolute atomic E-state index is 6.03. The molecule has 0 saturated heterocycles. The lowest BCUT2D eigenvalue weighted by molar-refractivity contribution is 0.293. The highest BCUT2D eigenvalue weighted by molar-refractivity contribution is 6.17. The average molecular weight is 542 g/mol. The molecule has 4 aromatic carbocycles. The van der Waals surface area contributed by atoms with Crippen LogP contribution >= 0.6 is 34.8 Å². The number of benzene rings is 4. The summed E-state index contributed by atoms with van der Waals surface area (Å²) in [4.78, 5) is 0. The van der Waals surface area contributed by atoms with Gasteiger partial charge in [0.05, 0.1) is 0 Å². The van der Waals surface area contributed by atoms with E-state index in [1.807, 2.05) is 72.8 Å². The lowest BCUT2D eigenvalue weighted by Gasteiger charge is -2.13. The number of ether oxygens (including phenoxy) is 3. The predicted octanol–water partition coefficient (Wildman–Crippen LogP) is 8.64. The molecule has 0 unspecified atom stereocenters. The first-order valence-corrected chi connectivity index (χ1v) is 13.2. The van der Waals surface area contributed by atoms with Crippen LogP contribution in [0, 0.1) is 0 Å². The summed E-state index contributed by atoms with van der Waals surface area (Å²) < 4.78 is 18.1. The fraction of sp³-hybridized carbons (Fsp3) is 0.200. The highest BCUT2D eigenvalue weighted by Crippen LogP contribution is 2.21. The molecule has 0 N–H and O–H groups in total. The van der Waals surface area contributed by atoms with Gasteiger partial charge in [-0.25, -0.2) is 0 Å². The Balaban J connectivity index is 1.46. The number of alkyl halides is 3. The standard InChI is InChI=1S/C30H27Cl3O3/c31-16-22-1-7-28(8-2-22)34-19-25-13-26(20-35-29-9-3-23(17-32)4-10-29)15-27(14-25)21-36-30-11-5-24(18-33)6-12-30/h1-15H,16-21H2. The van der Waals surface area contributed by atoms with Crippen molar-refractivity contribution in [2.24, 2.45) is 0 Å². The summed E-state index contributed by atoms with van der Waals surface area (Å²) in [5.74, 6) is 3.82. The predicted molar refractivity (Wildman–Crippen MR) is 147 cm³/mol. The molecule has 0 spiro atoms. The van der Waals surface area contributed by atoms with Crippen LogP contribution in [0.2, 0.25) is 0 Å². The number of hydrogen-bond acceptors (Lipinski definition) is 3. The van der Waals surface area contributed by atoms with E-state index in [9.17, 15) is 0 Å². The van der Waals surface area contributed by atoms with Crippen LogP contribution in [0.4, 0.5) is 0 Å². The van der Waals surface area contributed by atoms with Crippen molar-refractivity contribution in [1.29, 1.82) is 0 Å². The van der Waals surface area contributed by atoms with Gasteiger partial charge in [0.15, 0.2) is 0 Å². The summed E-state index contributed by atoms with van der Waals surface area (Å²) in [5, 5.41) is 0. The highest BCUT2D eigenvalue weighted by atomic mass is 35.5. The molecule has 3 nitrogen and oxygen atoms in total. The smallest absolute Gasteiger partial charge is 0.119 e. The topological polar surface area (TPSA) is 27.7 Å². The first-order chi connectivity index (χ1) is 17.6. The minimum Gasteiger partial charge on any atom is -0.489 e. The largest absolute Gasteiger partial charge is 0.489 e. The quantitative estimate of drug-likeness (QED) is 0.168. The van der Waals surface area contributed by atoms with Crippen molar-refractivity contribution in [3.63, 3.8) is 0 Å². The molecule has 186 valence electrons. The first-order valence-electron chi connectivity index (χ1n) is 11.6. The number of halogens is 3. The molecule has 0 atom stereocenters. The van der Waals surface area contributed by atoms with Crippen LogP contribution in [-0.2, 0) is 37.5 Å². The lowest BCUT2D eigenvalue weighted by atomic mass is 10.1. The van der Waals surface area contributed by atoms with E-state index < -0.39 is 0 Å². The Morgan fingerprint density at radius 1 is 0.361 bits per heavy atom. The second kappa shape index (κ2) is 13.5. The van der Waals surface area contributed by atoms with Gasteiger partial charge in [-0.2, -0.15) is 0 Å². The molecule has 4 aromatic rings. The van der Waals surface area contributed by atoms with Gasteiger partial charge >= 0.3 is 0 Å². The summed E-state index contributed by atoms with van der Waals surface area (Å²) in [6.07, 6.45) is 0. The third kappa shape index (κ3) is 7.83. The Bertz CT molecular complexity index is 1060. The van der Waals surface area contributed by atoms with E-state index in [-0.39, 0.29) is 0 Å². The van der Waals surface area contributed by atoms with Crippen molar-refractivity contribution < 1.29 is 14.2 Å². The molecule has 0 amide bonds. The number of rotatable bonds is 12. The molecular formula is C30H27Cl3O3. The monoisotopic (exact) mass is 540 g/mol. The second-order valence-corrected chi connectivity index (χ2v) is 9.16. The third-order valence-electron chi connectivity index (χ3n) is 5.56. The van der Waals surface area contributed by atoms with Crippen molar-refractivity contribution in [3.8, 4) is 17.2 Å². The molecule has 4 rings (SSSR count). The van der Waals surface area contributed by atoms with Gasteiger partial charge in [0, 0.05) is 17.6 Å². The van der Waals surface area contributed by atoms with Crippen LogP contribution in [0.3, 0.4) is 0 Å².